The maximum absolute atomic E-state index is 3.57. The summed E-state index contributed by atoms with van der Waals surface area (Å²) in [5.74, 6) is 0. The van der Waals surface area contributed by atoms with E-state index in [-0.39, 0.29) is 0 Å². The first-order valence-electron chi connectivity index (χ1n) is 6.28. The van der Waals surface area contributed by atoms with Crippen LogP contribution in [0.2, 0.25) is 0 Å². The molecule has 0 spiro atoms. The Hall–Kier alpha value is -0.800. The number of nitrogens with zero attached hydrogens (tertiary/aromatic N) is 2. The third-order valence-corrected chi connectivity index (χ3v) is 3.08. The van der Waals surface area contributed by atoms with Crippen molar-refractivity contribution in [2.75, 3.05) is 20.6 Å². The lowest BCUT2D eigenvalue weighted by molar-refractivity contribution is 0.384. The Morgan fingerprint density at radius 2 is 2.25 bits per heavy atom. The van der Waals surface area contributed by atoms with Gasteiger partial charge in [0.25, 0.3) is 0 Å². The maximum Gasteiger partial charge on any atom is 0.0361 e. The zero-order chi connectivity index (χ0) is 11.4. The van der Waals surface area contributed by atoms with Gasteiger partial charge in [0.2, 0.25) is 0 Å². The molecule has 1 heterocycles. The highest BCUT2D eigenvalue weighted by atomic mass is 15.1. The van der Waals surface area contributed by atoms with E-state index < -0.39 is 0 Å². The Morgan fingerprint density at radius 3 is 2.94 bits per heavy atom. The van der Waals surface area contributed by atoms with Crippen LogP contribution in [0.1, 0.15) is 25.0 Å². The van der Waals surface area contributed by atoms with Gasteiger partial charge in [0, 0.05) is 31.0 Å². The van der Waals surface area contributed by atoms with Crippen molar-refractivity contribution in [2.45, 2.75) is 38.4 Å². The van der Waals surface area contributed by atoms with Crippen LogP contribution in [0.3, 0.4) is 0 Å². The molecule has 2 rings (SSSR count). The first-order chi connectivity index (χ1) is 7.75. The van der Waals surface area contributed by atoms with Gasteiger partial charge in [-0.25, -0.2) is 0 Å². The van der Waals surface area contributed by atoms with Gasteiger partial charge in [0.05, 0.1) is 0 Å². The molecular formula is C13H23N3. The van der Waals surface area contributed by atoms with Gasteiger partial charge < -0.3 is 14.8 Å². The summed E-state index contributed by atoms with van der Waals surface area (Å²) in [6.45, 7) is 3.32. The van der Waals surface area contributed by atoms with Gasteiger partial charge >= 0.3 is 0 Å². The number of hydrogen-bond donors (Lipinski definition) is 1. The lowest BCUT2D eigenvalue weighted by Crippen LogP contribution is -2.19. The Morgan fingerprint density at radius 1 is 1.44 bits per heavy atom. The SMILES string of the molecule is CN(C)CCCn1cccc1CNC1CC1. The van der Waals surface area contributed by atoms with Gasteiger partial charge in [-0.15, -0.1) is 0 Å². The molecule has 1 aromatic heterocycles. The molecule has 1 N–H and O–H groups in total. The van der Waals surface area contributed by atoms with E-state index in [0.29, 0.717) is 0 Å². The minimum atomic E-state index is 0.796. The number of rotatable bonds is 7. The van der Waals surface area contributed by atoms with E-state index in [0.717, 1.165) is 25.7 Å². The van der Waals surface area contributed by atoms with Crippen molar-refractivity contribution in [2.24, 2.45) is 0 Å². The van der Waals surface area contributed by atoms with Crippen LogP contribution >= 0.6 is 0 Å². The summed E-state index contributed by atoms with van der Waals surface area (Å²) in [6, 6.07) is 5.18. The summed E-state index contributed by atoms with van der Waals surface area (Å²) in [5, 5.41) is 3.57. The first kappa shape index (κ1) is 11.7. The second kappa shape index (κ2) is 5.51. The minimum Gasteiger partial charge on any atom is -0.350 e. The van der Waals surface area contributed by atoms with Crippen LogP contribution in [0, 0.1) is 0 Å². The fraction of sp³-hybridized carbons (Fsp3) is 0.692. The summed E-state index contributed by atoms with van der Waals surface area (Å²) in [7, 11) is 4.26. The van der Waals surface area contributed by atoms with Crippen LogP contribution in [0.15, 0.2) is 18.3 Å². The quantitative estimate of drug-likeness (QED) is 0.756. The zero-order valence-corrected chi connectivity index (χ0v) is 10.4. The monoisotopic (exact) mass is 221 g/mol. The minimum absolute atomic E-state index is 0.796. The molecule has 1 aliphatic rings. The van der Waals surface area contributed by atoms with Crippen LogP contribution in [-0.2, 0) is 13.1 Å². The predicted octanol–water partition coefficient (Wildman–Crippen LogP) is 1.69. The van der Waals surface area contributed by atoms with E-state index in [9.17, 15) is 0 Å². The highest BCUT2D eigenvalue weighted by Crippen LogP contribution is 2.19. The summed E-state index contributed by atoms with van der Waals surface area (Å²) >= 11 is 0. The highest BCUT2D eigenvalue weighted by Gasteiger charge is 2.20. The third kappa shape index (κ3) is 3.65. The van der Waals surface area contributed by atoms with E-state index >= 15 is 0 Å². The number of aromatic nitrogens is 1. The number of nitrogens with one attached hydrogen (secondary N) is 1. The van der Waals surface area contributed by atoms with Gasteiger partial charge in [-0.05, 0) is 52.0 Å². The molecule has 3 nitrogen and oxygen atoms in total. The average Bonchev–Trinajstić information content (AvgIpc) is 2.96. The normalized spacial score (nSPS) is 15.9. The molecule has 1 saturated carbocycles. The van der Waals surface area contributed by atoms with Crippen LogP contribution < -0.4 is 5.32 Å². The van der Waals surface area contributed by atoms with E-state index in [1.807, 2.05) is 0 Å². The molecule has 16 heavy (non-hydrogen) atoms. The van der Waals surface area contributed by atoms with Crippen molar-refractivity contribution >= 4 is 0 Å². The molecule has 3 heteroatoms. The van der Waals surface area contributed by atoms with Crippen molar-refractivity contribution in [3.05, 3.63) is 24.0 Å². The summed E-state index contributed by atoms with van der Waals surface area (Å²) in [4.78, 5) is 2.24. The fourth-order valence-electron chi connectivity index (χ4n) is 1.92. The molecule has 1 fully saturated rings. The van der Waals surface area contributed by atoms with Crippen molar-refractivity contribution in [1.82, 2.24) is 14.8 Å². The Kier molecular flexibility index (Phi) is 4.02. The van der Waals surface area contributed by atoms with Crippen LogP contribution in [0.5, 0.6) is 0 Å². The van der Waals surface area contributed by atoms with Crippen LogP contribution in [0.4, 0.5) is 0 Å². The Balaban J connectivity index is 1.76. The smallest absolute Gasteiger partial charge is 0.0361 e. The molecule has 0 unspecified atom stereocenters. The predicted molar refractivity (Wildman–Crippen MR) is 67.5 cm³/mol. The molecule has 90 valence electrons. The molecule has 0 amide bonds. The Bertz CT molecular complexity index is 313. The standard InChI is InChI=1S/C13H23N3/c1-15(2)8-4-10-16-9-3-5-13(16)11-14-12-6-7-12/h3,5,9,12,14H,4,6-8,10-11H2,1-2H3. The molecule has 0 aromatic carbocycles. The number of hydrogen-bond acceptors (Lipinski definition) is 2. The van der Waals surface area contributed by atoms with Gasteiger partial charge in [-0.1, -0.05) is 0 Å². The molecular weight excluding hydrogens is 198 g/mol. The van der Waals surface area contributed by atoms with E-state index in [2.05, 4.69) is 47.2 Å². The second-order valence-corrected chi connectivity index (χ2v) is 5.00. The lowest BCUT2D eigenvalue weighted by atomic mass is 10.3. The summed E-state index contributed by atoms with van der Waals surface area (Å²) in [5.41, 5.74) is 1.42. The van der Waals surface area contributed by atoms with E-state index in [1.54, 1.807) is 0 Å². The van der Waals surface area contributed by atoms with Gasteiger partial charge in [-0.3, -0.25) is 0 Å². The molecule has 1 aromatic rings. The Labute approximate surface area is 98.4 Å². The van der Waals surface area contributed by atoms with Gasteiger partial charge in [0.1, 0.15) is 0 Å². The zero-order valence-electron chi connectivity index (χ0n) is 10.4. The second-order valence-electron chi connectivity index (χ2n) is 5.00. The van der Waals surface area contributed by atoms with Crippen LogP contribution in [0.25, 0.3) is 0 Å². The molecule has 1 aliphatic carbocycles. The maximum atomic E-state index is 3.57. The largest absolute Gasteiger partial charge is 0.350 e. The van der Waals surface area contributed by atoms with Crippen molar-refractivity contribution < 1.29 is 0 Å². The molecule has 0 radical (unpaired) electrons. The topological polar surface area (TPSA) is 20.2 Å². The molecule has 0 atom stereocenters. The van der Waals surface area contributed by atoms with Gasteiger partial charge in [-0.2, -0.15) is 0 Å². The average molecular weight is 221 g/mol. The summed E-state index contributed by atoms with van der Waals surface area (Å²) in [6.07, 6.45) is 6.14. The van der Waals surface area contributed by atoms with E-state index in [4.69, 9.17) is 0 Å². The summed E-state index contributed by atoms with van der Waals surface area (Å²) < 4.78 is 2.37. The fourth-order valence-corrected chi connectivity index (χ4v) is 1.92. The van der Waals surface area contributed by atoms with Crippen molar-refractivity contribution in [1.29, 1.82) is 0 Å². The van der Waals surface area contributed by atoms with E-state index in [1.165, 1.54) is 25.0 Å². The molecule has 0 bridgehead atoms. The molecule has 0 aliphatic heterocycles. The molecule has 0 saturated heterocycles. The number of aryl methyl sites for hydroxylation is 1. The lowest BCUT2D eigenvalue weighted by Gasteiger charge is -2.12. The highest BCUT2D eigenvalue weighted by molar-refractivity contribution is 5.07. The first-order valence-corrected chi connectivity index (χ1v) is 6.28. The van der Waals surface area contributed by atoms with Crippen LogP contribution in [-0.4, -0.2) is 36.1 Å². The third-order valence-electron chi connectivity index (χ3n) is 3.08. The van der Waals surface area contributed by atoms with Gasteiger partial charge in [0.15, 0.2) is 0 Å². The van der Waals surface area contributed by atoms with Crippen molar-refractivity contribution in [3.8, 4) is 0 Å². The van der Waals surface area contributed by atoms with Crippen molar-refractivity contribution in [3.63, 3.8) is 0 Å².